The van der Waals surface area contributed by atoms with Crippen LogP contribution in [-0.2, 0) is 6.42 Å². The summed E-state index contributed by atoms with van der Waals surface area (Å²) in [7, 11) is 0. The van der Waals surface area contributed by atoms with Crippen molar-refractivity contribution in [3.05, 3.63) is 35.4 Å². The minimum absolute atomic E-state index is 0.940. The Morgan fingerprint density at radius 2 is 2.13 bits per heavy atom. The first kappa shape index (κ1) is 10.7. The highest BCUT2D eigenvalue weighted by atomic mass is 14.2. The average Bonchev–Trinajstić information content (AvgIpc) is 2.17. The van der Waals surface area contributed by atoms with Gasteiger partial charge in [-0.25, -0.2) is 0 Å². The van der Waals surface area contributed by atoms with Crippen LogP contribution in [-0.4, -0.2) is 0 Å². The predicted molar refractivity (Wildman–Crippen MR) is 66.0 cm³/mol. The molecule has 1 saturated carbocycles. The Morgan fingerprint density at radius 1 is 1.27 bits per heavy atom. The second kappa shape index (κ2) is 4.83. The number of rotatable bonds is 2. The van der Waals surface area contributed by atoms with Crippen LogP contribution in [0.1, 0.15) is 43.7 Å². The van der Waals surface area contributed by atoms with Crippen molar-refractivity contribution in [1.82, 2.24) is 0 Å². The molecule has 0 aromatic heterocycles. The fourth-order valence-corrected chi connectivity index (χ4v) is 2.92. The summed E-state index contributed by atoms with van der Waals surface area (Å²) >= 11 is 0. The molecule has 0 heteroatoms. The molecular weight excluding hydrogens is 180 g/mol. The second-order valence-corrected chi connectivity index (χ2v) is 5.33. The van der Waals surface area contributed by atoms with Gasteiger partial charge in [-0.3, -0.25) is 0 Å². The molecule has 1 aliphatic rings. The van der Waals surface area contributed by atoms with Crippen molar-refractivity contribution in [2.75, 3.05) is 0 Å². The minimum Gasteiger partial charge on any atom is -0.0625 e. The van der Waals surface area contributed by atoms with E-state index >= 15 is 0 Å². The maximum Gasteiger partial charge on any atom is -0.0250 e. The summed E-state index contributed by atoms with van der Waals surface area (Å²) in [6.45, 7) is 4.59. The van der Waals surface area contributed by atoms with Crippen molar-refractivity contribution in [3.63, 3.8) is 0 Å². The molecule has 0 radical (unpaired) electrons. The van der Waals surface area contributed by atoms with E-state index in [1.807, 2.05) is 0 Å². The normalized spacial score (nSPS) is 26.5. The molecule has 0 spiro atoms. The summed E-state index contributed by atoms with van der Waals surface area (Å²) in [4.78, 5) is 0. The third kappa shape index (κ3) is 3.09. The molecule has 0 saturated heterocycles. The van der Waals surface area contributed by atoms with Crippen molar-refractivity contribution < 1.29 is 0 Å². The van der Waals surface area contributed by atoms with Crippen LogP contribution in [0.4, 0.5) is 0 Å². The SMILES string of the molecule is Cc1cccc(CC2CCCC(C)C2)c1. The fraction of sp³-hybridized carbons (Fsp3) is 0.600. The van der Waals surface area contributed by atoms with E-state index in [1.54, 1.807) is 0 Å². The lowest BCUT2D eigenvalue weighted by atomic mass is 9.79. The van der Waals surface area contributed by atoms with Gasteiger partial charge < -0.3 is 0 Å². The van der Waals surface area contributed by atoms with Gasteiger partial charge in [0.1, 0.15) is 0 Å². The van der Waals surface area contributed by atoms with Crippen LogP contribution in [0.25, 0.3) is 0 Å². The lowest BCUT2D eigenvalue weighted by Gasteiger charge is -2.26. The first-order chi connectivity index (χ1) is 7.24. The zero-order chi connectivity index (χ0) is 10.7. The standard InChI is InChI=1S/C15H22/c1-12-5-3-7-14(9-12)11-15-8-4-6-13(2)10-15/h3,5,7,9,13,15H,4,6,8,10-11H2,1-2H3. The highest BCUT2D eigenvalue weighted by Gasteiger charge is 2.18. The number of hydrogen-bond acceptors (Lipinski definition) is 0. The molecule has 1 aliphatic carbocycles. The van der Waals surface area contributed by atoms with Crippen LogP contribution in [0.15, 0.2) is 24.3 Å². The van der Waals surface area contributed by atoms with Crippen LogP contribution >= 0.6 is 0 Å². The Labute approximate surface area is 93.7 Å². The second-order valence-electron chi connectivity index (χ2n) is 5.33. The quantitative estimate of drug-likeness (QED) is 0.668. The van der Waals surface area contributed by atoms with Crippen LogP contribution in [0.2, 0.25) is 0 Å². The highest BCUT2D eigenvalue weighted by Crippen LogP contribution is 2.30. The smallest absolute Gasteiger partial charge is 0.0250 e. The molecule has 2 atom stereocenters. The Bertz CT molecular complexity index is 314. The lowest BCUT2D eigenvalue weighted by Crippen LogP contribution is -2.15. The van der Waals surface area contributed by atoms with Crippen LogP contribution in [0.5, 0.6) is 0 Å². The van der Waals surface area contributed by atoms with Gasteiger partial charge in [-0.1, -0.05) is 56.0 Å². The maximum atomic E-state index is 2.41. The van der Waals surface area contributed by atoms with Crippen molar-refractivity contribution in [2.45, 2.75) is 46.0 Å². The fourth-order valence-electron chi connectivity index (χ4n) is 2.92. The van der Waals surface area contributed by atoms with Gasteiger partial charge in [-0.2, -0.15) is 0 Å². The first-order valence-corrected chi connectivity index (χ1v) is 6.29. The molecule has 1 aromatic rings. The van der Waals surface area contributed by atoms with E-state index in [1.165, 1.54) is 43.2 Å². The number of benzene rings is 1. The molecule has 1 fully saturated rings. The molecule has 2 unspecified atom stereocenters. The zero-order valence-corrected chi connectivity index (χ0v) is 10.00. The van der Waals surface area contributed by atoms with Gasteiger partial charge in [0.15, 0.2) is 0 Å². The lowest BCUT2D eigenvalue weighted by molar-refractivity contribution is 0.281. The zero-order valence-electron chi connectivity index (χ0n) is 10.00. The molecule has 0 N–H and O–H groups in total. The largest absolute Gasteiger partial charge is 0.0625 e. The van der Waals surface area contributed by atoms with Gasteiger partial charge in [-0.05, 0) is 37.2 Å². The van der Waals surface area contributed by atoms with Crippen molar-refractivity contribution in [1.29, 1.82) is 0 Å². The van der Waals surface area contributed by atoms with E-state index in [4.69, 9.17) is 0 Å². The topological polar surface area (TPSA) is 0 Å². The maximum absolute atomic E-state index is 2.41. The Balaban J connectivity index is 1.96. The van der Waals surface area contributed by atoms with Crippen LogP contribution in [0.3, 0.4) is 0 Å². The van der Waals surface area contributed by atoms with Crippen LogP contribution in [0, 0.1) is 18.8 Å². The Morgan fingerprint density at radius 3 is 2.87 bits per heavy atom. The Kier molecular flexibility index (Phi) is 3.45. The molecule has 0 aliphatic heterocycles. The van der Waals surface area contributed by atoms with E-state index in [-0.39, 0.29) is 0 Å². The van der Waals surface area contributed by atoms with Crippen molar-refractivity contribution in [3.8, 4) is 0 Å². The number of hydrogen-bond donors (Lipinski definition) is 0. The Hall–Kier alpha value is -0.780. The van der Waals surface area contributed by atoms with Crippen LogP contribution < -0.4 is 0 Å². The summed E-state index contributed by atoms with van der Waals surface area (Å²) in [5, 5.41) is 0. The van der Waals surface area contributed by atoms with E-state index in [2.05, 4.69) is 38.1 Å². The third-order valence-corrected chi connectivity index (χ3v) is 3.65. The van der Waals surface area contributed by atoms with Crippen molar-refractivity contribution in [2.24, 2.45) is 11.8 Å². The summed E-state index contributed by atoms with van der Waals surface area (Å²) in [6, 6.07) is 9.01. The first-order valence-electron chi connectivity index (χ1n) is 6.29. The van der Waals surface area contributed by atoms with Gasteiger partial charge in [0.25, 0.3) is 0 Å². The van der Waals surface area contributed by atoms with Gasteiger partial charge >= 0.3 is 0 Å². The average molecular weight is 202 g/mol. The third-order valence-electron chi connectivity index (χ3n) is 3.65. The molecule has 0 bridgehead atoms. The van der Waals surface area contributed by atoms with E-state index in [9.17, 15) is 0 Å². The summed E-state index contributed by atoms with van der Waals surface area (Å²) in [6.07, 6.45) is 7.07. The van der Waals surface area contributed by atoms with E-state index in [0.29, 0.717) is 0 Å². The van der Waals surface area contributed by atoms with E-state index in [0.717, 1.165) is 11.8 Å². The molecule has 15 heavy (non-hydrogen) atoms. The van der Waals surface area contributed by atoms with E-state index < -0.39 is 0 Å². The molecule has 2 rings (SSSR count). The molecule has 0 heterocycles. The molecular formula is C15H22. The van der Waals surface area contributed by atoms with Gasteiger partial charge in [0.2, 0.25) is 0 Å². The summed E-state index contributed by atoms with van der Waals surface area (Å²) < 4.78 is 0. The molecule has 0 amide bonds. The molecule has 82 valence electrons. The van der Waals surface area contributed by atoms with Crippen molar-refractivity contribution >= 4 is 0 Å². The molecule has 1 aromatic carbocycles. The number of aryl methyl sites for hydroxylation is 1. The predicted octanol–water partition coefficient (Wildman–Crippen LogP) is 4.36. The molecule has 0 nitrogen and oxygen atoms in total. The summed E-state index contributed by atoms with van der Waals surface area (Å²) in [5.41, 5.74) is 2.94. The highest BCUT2D eigenvalue weighted by molar-refractivity contribution is 5.22. The minimum atomic E-state index is 0.940. The van der Waals surface area contributed by atoms with Gasteiger partial charge in [0, 0.05) is 0 Å². The van der Waals surface area contributed by atoms with Gasteiger partial charge in [-0.15, -0.1) is 0 Å². The summed E-state index contributed by atoms with van der Waals surface area (Å²) in [5.74, 6) is 1.89. The van der Waals surface area contributed by atoms with Gasteiger partial charge in [0.05, 0.1) is 0 Å². The monoisotopic (exact) mass is 202 g/mol.